The van der Waals surface area contributed by atoms with E-state index in [1.165, 1.54) is 22.7 Å². The predicted molar refractivity (Wildman–Crippen MR) is 77.0 cm³/mol. The van der Waals surface area contributed by atoms with Crippen molar-refractivity contribution < 1.29 is 13.5 Å². The fourth-order valence-electron chi connectivity index (χ4n) is 1.73. The Kier molecular flexibility index (Phi) is 4.59. The summed E-state index contributed by atoms with van der Waals surface area (Å²) >= 11 is 1.19. The molecule has 0 unspecified atom stereocenters. The zero-order valence-corrected chi connectivity index (χ0v) is 13.0. The summed E-state index contributed by atoms with van der Waals surface area (Å²) in [4.78, 5) is 4.98. The minimum atomic E-state index is -3.51. The lowest BCUT2D eigenvalue weighted by Crippen LogP contribution is -2.27. The molecule has 2 aromatic heterocycles. The van der Waals surface area contributed by atoms with E-state index < -0.39 is 10.0 Å². The van der Waals surface area contributed by atoms with Crippen molar-refractivity contribution in [1.82, 2.24) is 13.9 Å². The Hall–Kier alpha value is -1.22. The first kappa shape index (κ1) is 15.2. The summed E-state index contributed by atoms with van der Waals surface area (Å²) in [5.41, 5.74) is 0. The van der Waals surface area contributed by atoms with Gasteiger partial charge in [0.15, 0.2) is 0 Å². The lowest BCUT2D eigenvalue weighted by molar-refractivity contribution is 0.300. The highest BCUT2D eigenvalue weighted by atomic mass is 32.2. The second kappa shape index (κ2) is 6.04. The van der Waals surface area contributed by atoms with Crippen LogP contribution in [0.25, 0.3) is 0 Å². The predicted octanol–water partition coefficient (Wildman–Crippen LogP) is 0.837. The molecule has 0 aliphatic carbocycles. The molecular weight excluding hydrogens is 298 g/mol. The number of rotatable bonds is 6. The van der Waals surface area contributed by atoms with Crippen LogP contribution in [-0.2, 0) is 30.0 Å². The van der Waals surface area contributed by atoms with Crippen LogP contribution in [-0.4, -0.2) is 41.0 Å². The molecule has 0 aliphatic rings. The molecule has 0 spiro atoms. The summed E-state index contributed by atoms with van der Waals surface area (Å²) < 4.78 is 28.2. The van der Waals surface area contributed by atoms with Gasteiger partial charge in [-0.15, -0.1) is 11.3 Å². The molecule has 20 heavy (non-hydrogen) atoms. The molecule has 2 aromatic rings. The molecule has 0 saturated carbocycles. The van der Waals surface area contributed by atoms with Gasteiger partial charge in [0.05, 0.1) is 6.54 Å². The van der Waals surface area contributed by atoms with Crippen LogP contribution < -0.4 is 0 Å². The number of hydrogen-bond donors (Lipinski definition) is 1. The van der Waals surface area contributed by atoms with Crippen molar-refractivity contribution in [3.05, 3.63) is 35.2 Å². The van der Waals surface area contributed by atoms with Gasteiger partial charge in [-0.3, -0.25) is 0 Å². The summed E-state index contributed by atoms with van der Waals surface area (Å²) in [6.07, 6.45) is 3.89. The van der Waals surface area contributed by atoms with Gasteiger partial charge in [0.2, 0.25) is 0 Å². The van der Waals surface area contributed by atoms with E-state index in [0.717, 1.165) is 4.88 Å². The summed E-state index contributed by atoms with van der Waals surface area (Å²) in [6.45, 7) is 0.238. The number of aliphatic hydroxyl groups excluding tert-OH is 1. The first-order valence-corrected chi connectivity index (χ1v) is 8.33. The van der Waals surface area contributed by atoms with E-state index in [4.69, 9.17) is 5.11 Å². The quantitative estimate of drug-likeness (QED) is 0.857. The minimum Gasteiger partial charge on any atom is -0.396 e. The Labute approximate surface area is 122 Å². The van der Waals surface area contributed by atoms with E-state index in [2.05, 4.69) is 4.98 Å². The summed E-state index contributed by atoms with van der Waals surface area (Å²) in [7, 11) is -0.149. The molecule has 2 heterocycles. The maximum Gasteiger partial charge on any atom is 0.252 e. The number of sulfonamides is 1. The van der Waals surface area contributed by atoms with E-state index in [0.29, 0.717) is 12.2 Å². The normalized spacial score (nSPS) is 12.2. The number of aromatic nitrogens is 2. The van der Waals surface area contributed by atoms with Crippen LogP contribution in [0.2, 0.25) is 0 Å². The fourth-order valence-corrected chi connectivity index (χ4v) is 4.41. The van der Waals surface area contributed by atoms with E-state index in [1.807, 2.05) is 7.05 Å². The Morgan fingerprint density at radius 2 is 2.20 bits per heavy atom. The smallest absolute Gasteiger partial charge is 0.252 e. The molecular formula is C12H17N3O3S2. The van der Waals surface area contributed by atoms with Crippen molar-refractivity contribution in [1.29, 1.82) is 0 Å². The van der Waals surface area contributed by atoms with Crippen LogP contribution in [0.5, 0.6) is 0 Å². The summed E-state index contributed by atoms with van der Waals surface area (Å²) in [5.74, 6) is 0.684. The molecule has 6 nitrogen and oxygen atoms in total. The number of hydrogen-bond acceptors (Lipinski definition) is 5. The van der Waals surface area contributed by atoms with Gasteiger partial charge >= 0.3 is 0 Å². The SMILES string of the molecule is CN(Cc1nccn1C)S(=O)(=O)c1ccc(CCO)s1. The zero-order valence-electron chi connectivity index (χ0n) is 11.4. The van der Waals surface area contributed by atoms with Crippen LogP contribution >= 0.6 is 11.3 Å². The number of imidazole rings is 1. The Morgan fingerprint density at radius 3 is 2.80 bits per heavy atom. The Morgan fingerprint density at radius 1 is 1.45 bits per heavy atom. The third-order valence-electron chi connectivity index (χ3n) is 2.94. The van der Waals surface area contributed by atoms with Gasteiger partial charge in [-0.2, -0.15) is 4.31 Å². The summed E-state index contributed by atoms with van der Waals surface area (Å²) in [5, 5.41) is 8.88. The third-order valence-corrected chi connectivity index (χ3v) is 6.36. The number of aliphatic hydroxyl groups is 1. The third kappa shape index (κ3) is 3.09. The fraction of sp³-hybridized carbons (Fsp3) is 0.417. The van der Waals surface area contributed by atoms with Crippen LogP contribution in [0, 0.1) is 0 Å². The minimum absolute atomic E-state index is 0.0170. The second-order valence-electron chi connectivity index (χ2n) is 4.41. The van der Waals surface area contributed by atoms with Gasteiger partial charge in [-0.25, -0.2) is 13.4 Å². The Balaban J connectivity index is 2.18. The summed E-state index contributed by atoms with van der Waals surface area (Å²) in [6, 6.07) is 3.32. The maximum absolute atomic E-state index is 12.4. The molecule has 8 heteroatoms. The molecule has 0 atom stereocenters. The van der Waals surface area contributed by atoms with Gasteiger partial charge in [0, 0.05) is 44.4 Å². The van der Waals surface area contributed by atoms with Crippen molar-refractivity contribution >= 4 is 21.4 Å². The van der Waals surface area contributed by atoms with Crippen molar-refractivity contribution in [2.75, 3.05) is 13.7 Å². The lowest BCUT2D eigenvalue weighted by Gasteiger charge is -2.15. The topological polar surface area (TPSA) is 75.4 Å². The standard InChI is InChI=1S/C12H17N3O3S2/c1-14-7-6-13-11(14)9-15(2)20(17,18)12-4-3-10(19-12)5-8-16/h3-4,6-7,16H,5,8-9H2,1-2H3. The highest BCUT2D eigenvalue weighted by Crippen LogP contribution is 2.25. The van der Waals surface area contributed by atoms with Crippen molar-refractivity contribution in [3.8, 4) is 0 Å². The van der Waals surface area contributed by atoms with Crippen molar-refractivity contribution in [2.24, 2.45) is 7.05 Å². The molecule has 0 radical (unpaired) electrons. The molecule has 0 amide bonds. The van der Waals surface area contributed by atoms with Gasteiger partial charge in [-0.05, 0) is 12.1 Å². The van der Waals surface area contributed by atoms with Gasteiger partial charge in [-0.1, -0.05) is 0 Å². The monoisotopic (exact) mass is 315 g/mol. The molecule has 110 valence electrons. The molecule has 0 fully saturated rings. The molecule has 2 rings (SSSR count). The molecule has 0 bridgehead atoms. The van der Waals surface area contributed by atoms with E-state index in [1.54, 1.807) is 29.1 Å². The number of thiophene rings is 1. The molecule has 0 aromatic carbocycles. The zero-order chi connectivity index (χ0) is 14.8. The first-order valence-electron chi connectivity index (χ1n) is 6.07. The highest BCUT2D eigenvalue weighted by molar-refractivity contribution is 7.91. The molecule has 1 N–H and O–H groups in total. The average molecular weight is 315 g/mol. The van der Waals surface area contributed by atoms with Gasteiger partial charge in [0.1, 0.15) is 10.0 Å². The van der Waals surface area contributed by atoms with Crippen LogP contribution in [0.15, 0.2) is 28.7 Å². The van der Waals surface area contributed by atoms with Crippen LogP contribution in [0.4, 0.5) is 0 Å². The Bertz CT molecular complexity index is 676. The number of nitrogens with zero attached hydrogens (tertiary/aromatic N) is 3. The largest absolute Gasteiger partial charge is 0.396 e. The van der Waals surface area contributed by atoms with E-state index in [-0.39, 0.29) is 17.4 Å². The van der Waals surface area contributed by atoms with Crippen molar-refractivity contribution in [2.45, 2.75) is 17.2 Å². The first-order chi connectivity index (χ1) is 9.45. The lowest BCUT2D eigenvalue weighted by atomic mass is 10.4. The highest BCUT2D eigenvalue weighted by Gasteiger charge is 2.23. The average Bonchev–Trinajstić information content (AvgIpc) is 3.00. The molecule has 0 saturated heterocycles. The van der Waals surface area contributed by atoms with Crippen LogP contribution in [0.3, 0.4) is 0 Å². The van der Waals surface area contributed by atoms with Crippen molar-refractivity contribution in [3.63, 3.8) is 0 Å². The van der Waals surface area contributed by atoms with Gasteiger partial charge in [0.25, 0.3) is 10.0 Å². The van der Waals surface area contributed by atoms with E-state index >= 15 is 0 Å². The van der Waals surface area contributed by atoms with Crippen LogP contribution in [0.1, 0.15) is 10.7 Å². The molecule has 0 aliphatic heterocycles. The second-order valence-corrected chi connectivity index (χ2v) is 7.85. The van der Waals surface area contributed by atoms with Gasteiger partial charge < -0.3 is 9.67 Å². The number of aryl methyl sites for hydroxylation is 1. The van der Waals surface area contributed by atoms with E-state index in [9.17, 15) is 8.42 Å². The maximum atomic E-state index is 12.4.